The van der Waals surface area contributed by atoms with Crippen molar-refractivity contribution in [2.45, 2.75) is 6.61 Å². The summed E-state index contributed by atoms with van der Waals surface area (Å²) in [5.74, 6) is 2.38. The van der Waals surface area contributed by atoms with Gasteiger partial charge >= 0.3 is 0 Å². The number of fused-ring (bicyclic) bond motifs is 2. The predicted octanol–water partition coefficient (Wildman–Crippen LogP) is 6.13. The van der Waals surface area contributed by atoms with Gasteiger partial charge in [-0.25, -0.2) is 0 Å². The molecule has 0 aliphatic carbocycles. The highest BCUT2D eigenvalue weighted by molar-refractivity contribution is 6.07. The van der Waals surface area contributed by atoms with Crippen LogP contribution >= 0.6 is 0 Å². The van der Waals surface area contributed by atoms with E-state index in [0.29, 0.717) is 35.2 Å². The van der Waals surface area contributed by atoms with Crippen LogP contribution in [0.2, 0.25) is 0 Å². The molecule has 6 heteroatoms. The number of hydrogen-bond donors (Lipinski definition) is 1. The van der Waals surface area contributed by atoms with Crippen LogP contribution in [0.1, 0.15) is 15.9 Å². The topological polar surface area (TPSA) is 69.7 Å². The van der Waals surface area contributed by atoms with E-state index in [1.807, 2.05) is 84.9 Å². The first-order valence-corrected chi connectivity index (χ1v) is 11.2. The Morgan fingerprint density at radius 1 is 0.857 bits per heavy atom. The average molecular weight is 465 g/mol. The molecule has 6 nitrogen and oxygen atoms in total. The highest BCUT2D eigenvalue weighted by Crippen LogP contribution is 2.38. The molecule has 0 radical (unpaired) electrons. The average Bonchev–Trinajstić information content (AvgIpc) is 2.91. The normalized spacial score (nSPS) is 10.8. The highest BCUT2D eigenvalue weighted by atomic mass is 16.5. The number of aromatic nitrogens is 1. The number of rotatable bonds is 7. The van der Waals surface area contributed by atoms with Crippen molar-refractivity contribution in [2.75, 3.05) is 14.2 Å². The molecule has 1 heterocycles. The quantitative estimate of drug-likeness (QED) is 0.314. The number of pyridine rings is 1. The zero-order valence-electron chi connectivity index (χ0n) is 19.4. The van der Waals surface area contributed by atoms with Gasteiger partial charge in [0.2, 0.25) is 0 Å². The fraction of sp³-hybridized carbons (Fsp3) is 0.103. The minimum absolute atomic E-state index is 0.123. The van der Waals surface area contributed by atoms with Crippen molar-refractivity contribution in [3.05, 3.63) is 102 Å². The van der Waals surface area contributed by atoms with Crippen LogP contribution in [0.3, 0.4) is 0 Å². The second-order valence-electron chi connectivity index (χ2n) is 7.97. The largest absolute Gasteiger partial charge is 0.493 e. The van der Waals surface area contributed by atoms with E-state index in [1.165, 1.54) is 0 Å². The Labute approximate surface area is 203 Å². The molecule has 0 atom stereocenters. The SMILES string of the molecule is CNC(=O)c1cccc2cc(Oc3ccnc4cc(OCc5ccccc5)c(OC)cc34)ccc12. The van der Waals surface area contributed by atoms with E-state index in [1.54, 1.807) is 20.4 Å². The van der Waals surface area contributed by atoms with E-state index in [0.717, 1.165) is 27.2 Å². The fourth-order valence-corrected chi connectivity index (χ4v) is 4.01. The Balaban J connectivity index is 1.46. The Kier molecular flexibility index (Phi) is 6.18. The molecule has 0 fully saturated rings. The van der Waals surface area contributed by atoms with E-state index in [-0.39, 0.29) is 5.91 Å². The van der Waals surface area contributed by atoms with Gasteiger partial charge in [-0.1, -0.05) is 42.5 Å². The Hall–Kier alpha value is -4.58. The number of ether oxygens (including phenoxy) is 3. The summed E-state index contributed by atoms with van der Waals surface area (Å²) in [5.41, 5.74) is 2.42. The summed E-state index contributed by atoms with van der Waals surface area (Å²) >= 11 is 0. The first-order valence-electron chi connectivity index (χ1n) is 11.2. The van der Waals surface area contributed by atoms with E-state index >= 15 is 0 Å². The molecule has 1 N–H and O–H groups in total. The van der Waals surface area contributed by atoms with Crippen LogP contribution < -0.4 is 19.5 Å². The Morgan fingerprint density at radius 2 is 1.71 bits per heavy atom. The second-order valence-corrected chi connectivity index (χ2v) is 7.97. The summed E-state index contributed by atoms with van der Waals surface area (Å²) in [6.45, 7) is 0.425. The lowest BCUT2D eigenvalue weighted by Gasteiger charge is -2.14. The van der Waals surface area contributed by atoms with Gasteiger partial charge in [-0.15, -0.1) is 0 Å². The standard InChI is InChI=1S/C29H24N2O4/c1-30-29(32)23-10-6-9-20-15-21(11-12-22(20)23)35-26-13-14-31-25-17-28(27(33-2)16-24(25)26)34-18-19-7-4-3-5-8-19/h3-17H,18H2,1-2H3,(H,30,32). The van der Waals surface area contributed by atoms with Gasteiger partial charge in [-0.3, -0.25) is 9.78 Å². The molecular formula is C29H24N2O4. The maximum Gasteiger partial charge on any atom is 0.251 e. The summed E-state index contributed by atoms with van der Waals surface area (Å²) in [7, 11) is 3.24. The van der Waals surface area contributed by atoms with Crippen molar-refractivity contribution in [1.82, 2.24) is 10.3 Å². The maximum absolute atomic E-state index is 12.2. The van der Waals surface area contributed by atoms with E-state index in [9.17, 15) is 4.79 Å². The van der Waals surface area contributed by atoms with Crippen LogP contribution in [-0.2, 0) is 6.61 Å². The summed E-state index contributed by atoms with van der Waals surface area (Å²) in [6, 6.07) is 26.8. The van der Waals surface area contributed by atoms with Gasteiger partial charge in [-0.05, 0) is 52.7 Å². The molecule has 35 heavy (non-hydrogen) atoms. The number of amides is 1. The third-order valence-electron chi connectivity index (χ3n) is 5.78. The molecule has 0 bridgehead atoms. The van der Waals surface area contributed by atoms with Gasteiger partial charge in [0.1, 0.15) is 18.1 Å². The molecule has 174 valence electrons. The summed E-state index contributed by atoms with van der Waals surface area (Å²) in [5, 5.41) is 5.26. The van der Waals surface area contributed by atoms with Crippen molar-refractivity contribution in [1.29, 1.82) is 0 Å². The maximum atomic E-state index is 12.2. The van der Waals surface area contributed by atoms with E-state index < -0.39 is 0 Å². The lowest BCUT2D eigenvalue weighted by molar-refractivity contribution is 0.0964. The number of nitrogens with one attached hydrogen (secondary N) is 1. The van der Waals surface area contributed by atoms with E-state index in [4.69, 9.17) is 14.2 Å². The van der Waals surface area contributed by atoms with Crippen molar-refractivity contribution < 1.29 is 19.0 Å². The molecule has 5 rings (SSSR count). The van der Waals surface area contributed by atoms with Crippen molar-refractivity contribution in [2.24, 2.45) is 0 Å². The monoisotopic (exact) mass is 464 g/mol. The van der Waals surface area contributed by atoms with Crippen molar-refractivity contribution in [3.63, 3.8) is 0 Å². The lowest BCUT2D eigenvalue weighted by Crippen LogP contribution is -2.17. The zero-order chi connectivity index (χ0) is 24.2. The molecule has 0 unspecified atom stereocenters. The zero-order valence-corrected chi connectivity index (χ0v) is 19.4. The fourth-order valence-electron chi connectivity index (χ4n) is 4.01. The lowest BCUT2D eigenvalue weighted by atomic mass is 10.0. The van der Waals surface area contributed by atoms with Crippen LogP contribution in [-0.4, -0.2) is 25.0 Å². The van der Waals surface area contributed by atoms with Crippen molar-refractivity contribution in [3.8, 4) is 23.0 Å². The number of benzene rings is 4. The number of nitrogens with zero attached hydrogens (tertiary/aromatic N) is 1. The van der Waals surface area contributed by atoms with Crippen LogP contribution in [0.15, 0.2) is 91.1 Å². The van der Waals surface area contributed by atoms with Gasteiger partial charge in [-0.2, -0.15) is 0 Å². The smallest absolute Gasteiger partial charge is 0.251 e. The number of carbonyl (C=O) groups is 1. The van der Waals surface area contributed by atoms with Crippen LogP contribution in [0.4, 0.5) is 0 Å². The van der Waals surface area contributed by atoms with Gasteiger partial charge in [0.05, 0.1) is 12.6 Å². The highest BCUT2D eigenvalue weighted by Gasteiger charge is 2.13. The summed E-state index contributed by atoms with van der Waals surface area (Å²) < 4.78 is 17.9. The minimum atomic E-state index is -0.123. The molecule has 0 spiro atoms. The Bertz CT molecular complexity index is 1520. The van der Waals surface area contributed by atoms with Gasteiger partial charge in [0, 0.05) is 30.3 Å². The number of hydrogen-bond acceptors (Lipinski definition) is 5. The molecule has 0 aliphatic rings. The molecule has 0 aliphatic heterocycles. The van der Waals surface area contributed by atoms with Crippen LogP contribution in [0.25, 0.3) is 21.7 Å². The first-order chi connectivity index (χ1) is 17.2. The summed E-state index contributed by atoms with van der Waals surface area (Å²) in [6.07, 6.45) is 1.70. The summed E-state index contributed by atoms with van der Waals surface area (Å²) in [4.78, 5) is 16.7. The first kappa shape index (κ1) is 22.2. The third-order valence-corrected chi connectivity index (χ3v) is 5.78. The molecule has 0 saturated carbocycles. The Morgan fingerprint density at radius 3 is 2.51 bits per heavy atom. The number of methoxy groups -OCH3 is 1. The van der Waals surface area contributed by atoms with Crippen LogP contribution in [0, 0.1) is 0 Å². The molecular weight excluding hydrogens is 440 g/mol. The third kappa shape index (κ3) is 4.59. The van der Waals surface area contributed by atoms with Crippen LogP contribution in [0.5, 0.6) is 23.0 Å². The predicted molar refractivity (Wildman–Crippen MR) is 136 cm³/mol. The molecule has 5 aromatic rings. The van der Waals surface area contributed by atoms with E-state index in [2.05, 4.69) is 10.3 Å². The molecule has 4 aromatic carbocycles. The molecule has 1 amide bonds. The molecule has 1 aromatic heterocycles. The second kappa shape index (κ2) is 9.73. The van der Waals surface area contributed by atoms with Gasteiger partial charge in [0.25, 0.3) is 5.91 Å². The van der Waals surface area contributed by atoms with Gasteiger partial charge < -0.3 is 19.5 Å². The number of carbonyl (C=O) groups excluding carboxylic acids is 1. The van der Waals surface area contributed by atoms with Gasteiger partial charge in [0.15, 0.2) is 11.5 Å². The molecule has 0 saturated heterocycles. The van der Waals surface area contributed by atoms with Crippen molar-refractivity contribution >= 4 is 27.6 Å². The minimum Gasteiger partial charge on any atom is -0.493 e.